The molecule has 0 amide bonds. The Morgan fingerprint density at radius 3 is 2.36 bits per heavy atom. The number of nitro groups is 1. The minimum absolute atomic E-state index is 0.0545. The normalized spacial score (nSPS) is 15.4. The summed E-state index contributed by atoms with van der Waals surface area (Å²) >= 11 is 0. The molecule has 1 aromatic heterocycles. The number of aromatic nitrogens is 2. The second-order valence-electron chi connectivity index (χ2n) is 6.36. The second-order valence-corrected chi connectivity index (χ2v) is 8.30. The van der Waals surface area contributed by atoms with Gasteiger partial charge in [0.2, 0.25) is 16.0 Å². The lowest BCUT2D eigenvalue weighted by molar-refractivity contribution is -0.384. The SMILES string of the molecule is CCNc1nc(C)cc(N2CCN(S(=O)(=O)c3ccc([N+](=O)[O-])cc3)CC2)n1. The number of hydrogen-bond donors (Lipinski definition) is 1. The summed E-state index contributed by atoms with van der Waals surface area (Å²) in [5.41, 5.74) is 0.696. The molecule has 28 heavy (non-hydrogen) atoms. The summed E-state index contributed by atoms with van der Waals surface area (Å²) in [6.45, 7) is 6.17. The van der Waals surface area contributed by atoms with Crippen molar-refractivity contribution in [3.8, 4) is 0 Å². The van der Waals surface area contributed by atoms with Gasteiger partial charge in [-0.25, -0.2) is 13.4 Å². The van der Waals surface area contributed by atoms with E-state index in [0.717, 1.165) is 11.5 Å². The highest BCUT2D eigenvalue weighted by molar-refractivity contribution is 7.89. The van der Waals surface area contributed by atoms with Crippen molar-refractivity contribution >= 4 is 27.5 Å². The molecule has 11 heteroatoms. The molecule has 1 fully saturated rings. The molecule has 0 unspecified atom stereocenters. The number of sulfonamides is 1. The van der Waals surface area contributed by atoms with E-state index in [1.165, 1.54) is 28.6 Å². The lowest BCUT2D eigenvalue weighted by Crippen LogP contribution is -2.49. The number of anilines is 2. The number of hydrogen-bond acceptors (Lipinski definition) is 8. The van der Waals surface area contributed by atoms with Gasteiger partial charge in [0.15, 0.2) is 0 Å². The van der Waals surface area contributed by atoms with Gasteiger partial charge in [-0.1, -0.05) is 0 Å². The molecular formula is C17H22N6O4S. The Balaban J connectivity index is 1.71. The Morgan fingerprint density at radius 1 is 1.14 bits per heavy atom. The van der Waals surface area contributed by atoms with Crippen molar-refractivity contribution in [3.63, 3.8) is 0 Å². The molecule has 0 bridgehead atoms. The lowest BCUT2D eigenvalue weighted by atomic mass is 10.3. The molecule has 0 radical (unpaired) electrons. The Morgan fingerprint density at radius 2 is 1.79 bits per heavy atom. The molecule has 150 valence electrons. The number of rotatable bonds is 6. The van der Waals surface area contributed by atoms with Crippen LogP contribution in [0.25, 0.3) is 0 Å². The van der Waals surface area contributed by atoms with E-state index in [9.17, 15) is 18.5 Å². The Hall–Kier alpha value is -2.79. The molecule has 0 saturated carbocycles. The number of piperazine rings is 1. The first-order valence-corrected chi connectivity index (χ1v) is 10.3. The maximum Gasteiger partial charge on any atom is 0.269 e. The van der Waals surface area contributed by atoms with Crippen LogP contribution in [0.2, 0.25) is 0 Å². The molecule has 1 saturated heterocycles. The van der Waals surface area contributed by atoms with Crippen LogP contribution in [0.5, 0.6) is 0 Å². The highest BCUT2D eigenvalue weighted by atomic mass is 32.2. The largest absolute Gasteiger partial charge is 0.354 e. The predicted molar refractivity (Wildman–Crippen MR) is 105 cm³/mol. The van der Waals surface area contributed by atoms with E-state index < -0.39 is 14.9 Å². The van der Waals surface area contributed by atoms with E-state index in [4.69, 9.17) is 0 Å². The number of nitrogens with one attached hydrogen (secondary N) is 1. The molecule has 1 aliphatic rings. The summed E-state index contributed by atoms with van der Waals surface area (Å²) in [7, 11) is -3.70. The van der Waals surface area contributed by atoms with Gasteiger partial charge in [0.25, 0.3) is 5.69 Å². The molecule has 0 aliphatic carbocycles. The third-order valence-corrected chi connectivity index (χ3v) is 6.34. The molecule has 0 spiro atoms. The van der Waals surface area contributed by atoms with Gasteiger partial charge in [-0.2, -0.15) is 9.29 Å². The van der Waals surface area contributed by atoms with E-state index in [1.807, 2.05) is 24.8 Å². The van der Waals surface area contributed by atoms with Crippen LogP contribution in [-0.4, -0.2) is 60.3 Å². The van der Waals surface area contributed by atoms with Crippen LogP contribution in [-0.2, 0) is 10.0 Å². The molecule has 10 nitrogen and oxygen atoms in total. The van der Waals surface area contributed by atoms with Crippen molar-refractivity contribution in [1.29, 1.82) is 0 Å². The van der Waals surface area contributed by atoms with E-state index >= 15 is 0 Å². The van der Waals surface area contributed by atoms with Gasteiger partial charge < -0.3 is 10.2 Å². The summed E-state index contributed by atoms with van der Waals surface area (Å²) in [5.74, 6) is 1.31. The van der Waals surface area contributed by atoms with Gasteiger partial charge in [-0.05, 0) is 26.0 Å². The Bertz CT molecular complexity index is 956. The molecule has 1 aliphatic heterocycles. The van der Waals surface area contributed by atoms with Crippen LogP contribution in [0.3, 0.4) is 0 Å². The Kier molecular flexibility index (Phi) is 5.75. The zero-order valence-corrected chi connectivity index (χ0v) is 16.5. The lowest BCUT2D eigenvalue weighted by Gasteiger charge is -2.34. The third-order valence-electron chi connectivity index (χ3n) is 4.42. The fraction of sp³-hybridized carbons (Fsp3) is 0.412. The standard InChI is InChI=1S/C17H22N6O4S/c1-3-18-17-19-13(2)12-16(20-17)21-8-10-22(11-9-21)28(26,27)15-6-4-14(5-7-15)23(24)25/h4-7,12H,3,8-11H2,1-2H3,(H,18,19,20). The monoisotopic (exact) mass is 406 g/mol. The zero-order valence-electron chi connectivity index (χ0n) is 15.7. The number of nitro benzene ring substituents is 1. The summed E-state index contributed by atoms with van der Waals surface area (Å²) in [5, 5.41) is 13.8. The van der Waals surface area contributed by atoms with Crippen molar-refractivity contribution in [1.82, 2.24) is 14.3 Å². The van der Waals surface area contributed by atoms with Gasteiger partial charge in [-0.15, -0.1) is 0 Å². The van der Waals surface area contributed by atoms with E-state index in [0.29, 0.717) is 38.7 Å². The quantitative estimate of drug-likeness (QED) is 0.567. The van der Waals surface area contributed by atoms with E-state index in [1.54, 1.807) is 0 Å². The van der Waals surface area contributed by atoms with Gasteiger partial charge in [0.1, 0.15) is 5.82 Å². The van der Waals surface area contributed by atoms with E-state index in [2.05, 4.69) is 15.3 Å². The Labute approximate surface area is 163 Å². The topological polar surface area (TPSA) is 122 Å². The molecule has 3 rings (SSSR count). The number of aryl methyl sites for hydroxylation is 1. The highest BCUT2D eigenvalue weighted by Crippen LogP contribution is 2.23. The minimum atomic E-state index is -3.70. The molecule has 1 N–H and O–H groups in total. The fourth-order valence-electron chi connectivity index (χ4n) is 3.00. The second kappa shape index (κ2) is 8.07. The zero-order chi connectivity index (χ0) is 20.3. The number of benzene rings is 1. The third kappa shape index (κ3) is 4.20. The first-order chi connectivity index (χ1) is 13.3. The fourth-order valence-corrected chi connectivity index (χ4v) is 4.42. The van der Waals surface area contributed by atoms with Crippen LogP contribution in [0.15, 0.2) is 35.2 Å². The van der Waals surface area contributed by atoms with Gasteiger partial charge in [0.05, 0.1) is 9.82 Å². The number of non-ortho nitro benzene ring substituents is 1. The maximum absolute atomic E-state index is 12.8. The van der Waals surface area contributed by atoms with Crippen LogP contribution >= 0.6 is 0 Å². The first-order valence-electron chi connectivity index (χ1n) is 8.90. The van der Waals surface area contributed by atoms with Crippen molar-refractivity contribution in [2.24, 2.45) is 0 Å². The summed E-state index contributed by atoms with van der Waals surface area (Å²) < 4.78 is 27.0. The van der Waals surface area contributed by atoms with Crippen molar-refractivity contribution in [3.05, 3.63) is 46.1 Å². The van der Waals surface area contributed by atoms with Crippen LogP contribution in [0, 0.1) is 17.0 Å². The molecule has 2 aromatic rings. The van der Waals surface area contributed by atoms with Crippen LogP contribution in [0.4, 0.5) is 17.5 Å². The highest BCUT2D eigenvalue weighted by Gasteiger charge is 2.29. The van der Waals surface area contributed by atoms with Gasteiger partial charge >= 0.3 is 0 Å². The minimum Gasteiger partial charge on any atom is -0.354 e. The average Bonchev–Trinajstić information content (AvgIpc) is 2.68. The summed E-state index contributed by atoms with van der Waals surface area (Å²) in [4.78, 5) is 21.1. The summed E-state index contributed by atoms with van der Waals surface area (Å²) in [6, 6.07) is 6.83. The molecular weight excluding hydrogens is 384 g/mol. The molecule has 0 atom stereocenters. The summed E-state index contributed by atoms with van der Waals surface area (Å²) in [6.07, 6.45) is 0. The van der Waals surface area contributed by atoms with Crippen LogP contribution < -0.4 is 10.2 Å². The van der Waals surface area contributed by atoms with Crippen molar-refractivity contribution < 1.29 is 13.3 Å². The van der Waals surface area contributed by atoms with E-state index in [-0.39, 0.29) is 10.6 Å². The number of nitrogens with zero attached hydrogens (tertiary/aromatic N) is 5. The molecule has 1 aromatic carbocycles. The smallest absolute Gasteiger partial charge is 0.269 e. The van der Waals surface area contributed by atoms with Crippen LogP contribution in [0.1, 0.15) is 12.6 Å². The van der Waals surface area contributed by atoms with Gasteiger partial charge in [-0.3, -0.25) is 10.1 Å². The van der Waals surface area contributed by atoms with Crippen molar-refractivity contribution in [2.45, 2.75) is 18.7 Å². The first kappa shape index (κ1) is 20.0. The molecule has 2 heterocycles. The van der Waals surface area contributed by atoms with Gasteiger partial charge in [0, 0.05) is 56.6 Å². The van der Waals surface area contributed by atoms with Crippen molar-refractivity contribution in [2.75, 3.05) is 42.9 Å². The average molecular weight is 406 g/mol. The maximum atomic E-state index is 12.8. The predicted octanol–water partition coefficient (Wildman–Crippen LogP) is 1.64.